The lowest BCUT2D eigenvalue weighted by molar-refractivity contribution is -0.0519. The molecule has 3 rings (SSSR count). The lowest BCUT2D eigenvalue weighted by Crippen LogP contribution is -2.57. The number of alkyl halides is 1. The van der Waals surface area contributed by atoms with Crippen LogP contribution in [0.25, 0.3) is 0 Å². The average Bonchev–Trinajstić information content (AvgIpc) is 2.69. The Bertz CT molecular complexity index is 495. The summed E-state index contributed by atoms with van der Waals surface area (Å²) in [6.07, 6.45) is 8.96. The summed E-state index contributed by atoms with van der Waals surface area (Å²) in [5, 5.41) is 1.07. The van der Waals surface area contributed by atoms with Gasteiger partial charge < -0.3 is 4.74 Å². The number of ether oxygens (including phenoxy) is 1. The second kappa shape index (κ2) is 6.01. The summed E-state index contributed by atoms with van der Waals surface area (Å²) in [5.41, 5.74) is 2.46. The smallest absolute Gasteiger partial charge is 0.125 e. The summed E-state index contributed by atoms with van der Waals surface area (Å²) >= 11 is 12.7. The first-order valence-corrected chi connectivity index (χ1v) is 8.92. The second-order valence-electron chi connectivity index (χ2n) is 6.83. The molecule has 0 amide bonds. The Balaban J connectivity index is 1.82. The van der Waals surface area contributed by atoms with Crippen molar-refractivity contribution in [2.75, 3.05) is 0 Å². The van der Waals surface area contributed by atoms with E-state index in [1.807, 2.05) is 12.1 Å². The fourth-order valence-electron chi connectivity index (χ4n) is 4.11. The predicted octanol–water partition coefficient (Wildman–Crippen LogP) is 6.06. The maximum absolute atomic E-state index is 6.62. The molecule has 0 bridgehead atoms. The molecule has 0 aromatic heterocycles. The molecule has 2 aliphatic carbocycles. The van der Waals surface area contributed by atoms with Crippen molar-refractivity contribution in [2.45, 2.75) is 70.3 Å². The summed E-state index contributed by atoms with van der Waals surface area (Å²) < 4.78 is 6.44. The minimum atomic E-state index is 0.205. The zero-order chi connectivity index (χ0) is 15.0. The number of halogens is 2. The highest BCUT2D eigenvalue weighted by Crippen LogP contribution is 2.55. The maximum Gasteiger partial charge on any atom is 0.125 e. The van der Waals surface area contributed by atoms with Crippen LogP contribution in [0.2, 0.25) is 5.02 Å². The van der Waals surface area contributed by atoms with E-state index < -0.39 is 0 Å². The molecular formula is C18H24Cl2O. The lowest BCUT2D eigenvalue weighted by Gasteiger charge is -2.53. The van der Waals surface area contributed by atoms with Crippen LogP contribution in [0.3, 0.4) is 0 Å². The first kappa shape index (κ1) is 15.5. The normalized spacial score (nSPS) is 28.0. The van der Waals surface area contributed by atoms with E-state index in [0.717, 1.165) is 28.3 Å². The first-order chi connectivity index (χ1) is 10.0. The van der Waals surface area contributed by atoms with Gasteiger partial charge in [0.05, 0.1) is 0 Å². The number of hydrogen-bond acceptors (Lipinski definition) is 1. The van der Waals surface area contributed by atoms with Crippen molar-refractivity contribution in [1.29, 1.82) is 0 Å². The number of rotatable bonds is 2. The molecule has 2 aliphatic rings. The Morgan fingerprint density at radius 1 is 1.05 bits per heavy atom. The van der Waals surface area contributed by atoms with Gasteiger partial charge in [0.25, 0.3) is 0 Å². The van der Waals surface area contributed by atoms with Gasteiger partial charge in [0.15, 0.2) is 0 Å². The molecule has 3 heteroatoms. The third-order valence-corrected chi connectivity index (χ3v) is 6.24. The second-order valence-corrected chi connectivity index (χ2v) is 7.79. The molecule has 116 valence electrons. The monoisotopic (exact) mass is 326 g/mol. The fourth-order valence-corrected chi connectivity index (χ4v) is 4.96. The van der Waals surface area contributed by atoms with E-state index >= 15 is 0 Å². The van der Waals surface area contributed by atoms with Gasteiger partial charge in [-0.1, -0.05) is 37.3 Å². The molecule has 0 heterocycles. The van der Waals surface area contributed by atoms with Crippen molar-refractivity contribution >= 4 is 23.2 Å². The Morgan fingerprint density at radius 3 is 2.14 bits per heavy atom. The molecule has 0 N–H and O–H groups in total. The average molecular weight is 327 g/mol. The summed E-state index contributed by atoms with van der Waals surface area (Å²) in [5.74, 6) is 1.01. The molecule has 1 aromatic carbocycles. The number of benzene rings is 1. The SMILES string of the molecule is Cc1cc(Cl)cc(C)c1OC1CC(Cl)C12CCCCCC2. The van der Waals surface area contributed by atoms with Crippen molar-refractivity contribution < 1.29 is 4.74 Å². The molecule has 1 spiro atoms. The van der Waals surface area contributed by atoms with Crippen LogP contribution in [-0.4, -0.2) is 11.5 Å². The number of aryl methyl sites for hydroxylation is 2. The van der Waals surface area contributed by atoms with Crippen LogP contribution < -0.4 is 4.74 Å². The van der Waals surface area contributed by atoms with Crippen LogP contribution in [0.1, 0.15) is 56.1 Å². The van der Waals surface area contributed by atoms with E-state index in [2.05, 4.69) is 13.8 Å². The van der Waals surface area contributed by atoms with E-state index in [1.54, 1.807) is 0 Å². The molecule has 2 unspecified atom stereocenters. The van der Waals surface area contributed by atoms with Gasteiger partial charge in [-0.05, 0) is 49.9 Å². The Kier molecular flexibility index (Phi) is 4.43. The summed E-state index contributed by atoms with van der Waals surface area (Å²) in [4.78, 5) is 0. The molecule has 0 saturated heterocycles. The van der Waals surface area contributed by atoms with E-state index in [0.29, 0.717) is 0 Å². The van der Waals surface area contributed by atoms with E-state index in [-0.39, 0.29) is 16.9 Å². The van der Waals surface area contributed by atoms with Crippen LogP contribution >= 0.6 is 23.2 Å². The summed E-state index contributed by atoms with van der Waals surface area (Å²) in [6, 6.07) is 3.97. The highest BCUT2D eigenvalue weighted by Gasteiger charge is 2.55. The van der Waals surface area contributed by atoms with Gasteiger partial charge in [0.2, 0.25) is 0 Å². The maximum atomic E-state index is 6.62. The van der Waals surface area contributed by atoms with Crippen LogP contribution in [0.15, 0.2) is 12.1 Å². The van der Waals surface area contributed by atoms with Crippen LogP contribution in [0.5, 0.6) is 5.75 Å². The minimum absolute atomic E-state index is 0.205. The minimum Gasteiger partial charge on any atom is -0.489 e. The molecule has 1 aromatic rings. The molecule has 0 radical (unpaired) electrons. The molecule has 2 fully saturated rings. The van der Waals surface area contributed by atoms with Gasteiger partial charge in [-0.15, -0.1) is 11.6 Å². The molecule has 2 saturated carbocycles. The first-order valence-electron chi connectivity index (χ1n) is 8.10. The van der Waals surface area contributed by atoms with Gasteiger partial charge in [0.1, 0.15) is 11.9 Å². The molecule has 0 aliphatic heterocycles. The Labute approximate surface area is 138 Å². The summed E-state index contributed by atoms with van der Waals surface area (Å²) in [7, 11) is 0. The highest BCUT2D eigenvalue weighted by atomic mass is 35.5. The van der Waals surface area contributed by atoms with Gasteiger partial charge in [-0.3, -0.25) is 0 Å². The third-order valence-electron chi connectivity index (χ3n) is 5.41. The van der Waals surface area contributed by atoms with E-state index in [4.69, 9.17) is 27.9 Å². The van der Waals surface area contributed by atoms with Crippen LogP contribution in [0.4, 0.5) is 0 Å². The molecule has 1 nitrogen and oxygen atoms in total. The molecule has 2 atom stereocenters. The van der Waals surface area contributed by atoms with Crippen LogP contribution in [-0.2, 0) is 0 Å². The van der Waals surface area contributed by atoms with Gasteiger partial charge in [-0.25, -0.2) is 0 Å². The summed E-state index contributed by atoms with van der Waals surface area (Å²) in [6.45, 7) is 4.15. The van der Waals surface area contributed by atoms with Crippen molar-refractivity contribution in [3.05, 3.63) is 28.3 Å². The fraction of sp³-hybridized carbons (Fsp3) is 0.667. The molecular weight excluding hydrogens is 303 g/mol. The van der Waals surface area contributed by atoms with Crippen molar-refractivity contribution in [2.24, 2.45) is 5.41 Å². The van der Waals surface area contributed by atoms with Crippen LogP contribution in [0, 0.1) is 19.3 Å². The zero-order valence-corrected chi connectivity index (χ0v) is 14.4. The van der Waals surface area contributed by atoms with Gasteiger partial charge in [0, 0.05) is 22.2 Å². The van der Waals surface area contributed by atoms with Gasteiger partial charge >= 0.3 is 0 Å². The zero-order valence-electron chi connectivity index (χ0n) is 12.9. The Morgan fingerprint density at radius 2 is 1.62 bits per heavy atom. The van der Waals surface area contributed by atoms with Crippen molar-refractivity contribution in [3.8, 4) is 5.75 Å². The van der Waals surface area contributed by atoms with E-state index in [9.17, 15) is 0 Å². The van der Waals surface area contributed by atoms with E-state index in [1.165, 1.54) is 38.5 Å². The largest absolute Gasteiger partial charge is 0.489 e. The lowest BCUT2D eigenvalue weighted by atomic mass is 9.61. The quantitative estimate of drug-likeness (QED) is 0.600. The van der Waals surface area contributed by atoms with Crippen molar-refractivity contribution in [1.82, 2.24) is 0 Å². The van der Waals surface area contributed by atoms with Gasteiger partial charge in [-0.2, -0.15) is 0 Å². The standard InChI is InChI=1S/C18H24Cl2O/c1-12-9-14(19)10-13(2)17(12)21-16-11-15(20)18(16)7-5-3-4-6-8-18/h9-10,15-16H,3-8,11H2,1-2H3. The van der Waals surface area contributed by atoms with Crippen molar-refractivity contribution in [3.63, 3.8) is 0 Å². The molecule has 21 heavy (non-hydrogen) atoms. The third kappa shape index (κ3) is 2.80. The topological polar surface area (TPSA) is 9.23 Å². The predicted molar refractivity (Wildman–Crippen MR) is 89.7 cm³/mol. The number of hydrogen-bond donors (Lipinski definition) is 0. The highest BCUT2D eigenvalue weighted by molar-refractivity contribution is 6.30. The Hall–Kier alpha value is -0.400.